The second kappa shape index (κ2) is 9.01. The van der Waals surface area contributed by atoms with Gasteiger partial charge in [-0.15, -0.1) is 0 Å². The summed E-state index contributed by atoms with van der Waals surface area (Å²) in [6.45, 7) is 8.84. The zero-order valence-corrected chi connectivity index (χ0v) is 16.8. The Morgan fingerprint density at radius 1 is 1.36 bits per heavy atom. The molecule has 0 radical (unpaired) electrons. The largest absolute Gasteiger partial charge is 0.353 e. The van der Waals surface area contributed by atoms with E-state index in [4.69, 9.17) is 0 Å². The summed E-state index contributed by atoms with van der Waals surface area (Å²) in [7, 11) is 0. The van der Waals surface area contributed by atoms with Crippen molar-refractivity contribution in [2.24, 2.45) is 5.92 Å². The first kappa shape index (κ1) is 20.1. The molecule has 1 fully saturated rings. The number of hydrogen-bond donors (Lipinski definition) is 2. The lowest BCUT2D eigenvalue weighted by Gasteiger charge is -2.35. The van der Waals surface area contributed by atoms with Crippen molar-refractivity contribution in [3.8, 4) is 5.69 Å². The van der Waals surface area contributed by atoms with E-state index in [1.54, 1.807) is 6.20 Å². The van der Waals surface area contributed by atoms with Crippen molar-refractivity contribution in [2.75, 3.05) is 19.6 Å². The van der Waals surface area contributed by atoms with Crippen LogP contribution in [0.25, 0.3) is 5.69 Å². The van der Waals surface area contributed by atoms with E-state index in [1.165, 1.54) is 0 Å². The van der Waals surface area contributed by atoms with Gasteiger partial charge >= 0.3 is 0 Å². The Bertz CT molecular complexity index is 830. The van der Waals surface area contributed by atoms with E-state index in [0.29, 0.717) is 19.0 Å². The van der Waals surface area contributed by atoms with Crippen LogP contribution in [0.4, 0.5) is 0 Å². The summed E-state index contributed by atoms with van der Waals surface area (Å²) in [4.78, 5) is 31.3. The van der Waals surface area contributed by atoms with Crippen LogP contribution in [0.3, 0.4) is 0 Å². The van der Waals surface area contributed by atoms with Gasteiger partial charge in [-0.3, -0.25) is 14.5 Å². The molecule has 1 aliphatic heterocycles. The summed E-state index contributed by atoms with van der Waals surface area (Å²) >= 11 is 0. The van der Waals surface area contributed by atoms with Crippen molar-refractivity contribution in [1.29, 1.82) is 0 Å². The van der Waals surface area contributed by atoms with E-state index in [-0.39, 0.29) is 18.2 Å². The molecule has 3 rings (SSSR count). The van der Waals surface area contributed by atoms with Crippen LogP contribution < -0.4 is 10.6 Å². The van der Waals surface area contributed by atoms with Crippen LogP contribution in [0.1, 0.15) is 31.7 Å². The monoisotopic (exact) mass is 383 g/mol. The third kappa shape index (κ3) is 4.78. The molecular formula is C21H29N5O2. The molecule has 1 aromatic heterocycles. The Morgan fingerprint density at radius 2 is 2.14 bits per heavy atom. The van der Waals surface area contributed by atoms with Crippen LogP contribution >= 0.6 is 0 Å². The Kier molecular flexibility index (Phi) is 6.46. The zero-order chi connectivity index (χ0) is 20.1. The number of amides is 2. The fourth-order valence-electron chi connectivity index (χ4n) is 3.64. The Labute approximate surface area is 166 Å². The first-order valence-corrected chi connectivity index (χ1v) is 9.82. The van der Waals surface area contributed by atoms with E-state index in [9.17, 15) is 9.59 Å². The standard InChI is InChI=1S/C21H29N5O2/c1-15(2)14-25-10-8-23-21(28)19(25)12-20(27)24-13-17-6-4-5-7-18(17)26-11-9-22-16(26)3/h4-7,9,11,15,19H,8,10,12-14H2,1-3H3,(H,23,28)(H,24,27)/t19-/m0/s1. The minimum Gasteiger partial charge on any atom is -0.353 e. The number of aromatic nitrogens is 2. The Morgan fingerprint density at radius 3 is 2.86 bits per heavy atom. The second-order valence-electron chi connectivity index (χ2n) is 7.65. The molecule has 1 aliphatic rings. The van der Waals surface area contributed by atoms with E-state index < -0.39 is 6.04 Å². The molecule has 2 amide bonds. The van der Waals surface area contributed by atoms with Gasteiger partial charge in [-0.2, -0.15) is 0 Å². The first-order valence-electron chi connectivity index (χ1n) is 9.82. The van der Waals surface area contributed by atoms with Gasteiger partial charge in [-0.05, 0) is 24.5 Å². The molecule has 0 saturated carbocycles. The smallest absolute Gasteiger partial charge is 0.237 e. The number of imidazole rings is 1. The third-order valence-corrected chi connectivity index (χ3v) is 4.97. The zero-order valence-electron chi connectivity index (χ0n) is 16.8. The molecule has 0 unspecified atom stereocenters. The molecular weight excluding hydrogens is 354 g/mol. The normalized spacial score (nSPS) is 17.6. The van der Waals surface area contributed by atoms with Gasteiger partial charge in [0, 0.05) is 38.6 Å². The number of carbonyl (C=O) groups is 2. The Hall–Kier alpha value is -2.67. The highest BCUT2D eigenvalue weighted by Gasteiger charge is 2.31. The molecule has 7 heteroatoms. The average Bonchev–Trinajstić information content (AvgIpc) is 3.08. The topological polar surface area (TPSA) is 79.3 Å². The summed E-state index contributed by atoms with van der Waals surface area (Å²) in [5.41, 5.74) is 2.00. The van der Waals surface area contributed by atoms with Crippen LogP contribution in [0.15, 0.2) is 36.7 Å². The minimum absolute atomic E-state index is 0.0588. The maximum atomic E-state index is 12.6. The highest BCUT2D eigenvalue weighted by atomic mass is 16.2. The molecule has 1 atom stereocenters. The lowest BCUT2D eigenvalue weighted by Crippen LogP contribution is -2.57. The third-order valence-electron chi connectivity index (χ3n) is 4.97. The predicted octanol–water partition coefficient (Wildman–Crippen LogP) is 1.64. The number of hydrogen-bond acceptors (Lipinski definition) is 4. The molecule has 2 aromatic rings. The first-order chi connectivity index (χ1) is 13.5. The lowest BCUT2D eigenvalue weighted by molar-refractivity contribution is -0.134. The number of nitrogens with zero attached hydrogens (tertiary/aromatic N) is 3. The summed E-state index contributed by atoms with van der Waals surface area (Å²) in [5.74, 6) is 1.16. The van der Waals surface area contributed by atoms with Gasteiger partial charge in [0.1, 0.15) is 5.82 Å². The second-order valence-corrected chi connectivity index (χ2v) is 7.65. The molecule has 2 N–H and O–H groups in total. The molecule has 0 bridgehead atoms. The van der Waals surface area contributed by atoms with Gasteiger partial charge in [0.15, 0.2) is 0 Å². The van der Waals surface area contributed by atoms with Gasteiger partial charge in [-0.25, -0.2) is 4.98 Å². The van der Waals surface area contributed by atoms with E-state index in [1.807, 2.05) is 42.0 Å². The summed E-state index contributed by atoms with van der Waals surface area (Å²) in [6.07, 6.45) is 3.84. The van der Waals surface area contributed by atoms with Gasteiger partial charge in [0.25, 0.3) is 0 Å². The van der Waals surface area contributed by atoms with Crippen molar-refractivity contribution < 1.29 is 9.59 Å². The molecule has 2 heterocycles. The lowest BCUT2D eigenvalue weighted by atomic mass is 10.1. The summed E-state index contributed by atoms with van der Waals surface area (Å²) in [6, 6.07) is 7.52. The molecule has 1 saturated heterocycles. The van der Waals surface area contributed by atoms with Gasteiger partial charge in [0.05, 0.1) is 18.2 Å². The number of rotatable bonds is 7. The molecule has 150 valence electrons. The van der Waals surface area contributed by atoms with Crippen LogP contribution in [-0.2, 0) is 16.1 Å². The van der Waals surface area contributed by atoms with Gasteiger partial charge < -0.3 is 15.2 Å². The maximum Gasteiger partial charge on any atom is 0.237 e. The van der Waals surface area contributed by atoms with Crippen LogP contribution in [-0.4, -0.2) is 51.9 Å². The van der Waals surface area contributed by atoms with Crippen molar-refractivity contribution in [1.82, 2.24) is 25.1 Å². The fraction of sp³-hybridized carbons (Fsp3) is 0.476. The van der Waals surface area contributed by atoms with E-state index >= 15 is 0 Å². The summed E-state index contributed by atoms with van der Waals surface area (Å²) < 4.78 is 2.00. The van der Waals surface area contributed by atoms with Crippen molar-refractivity contribution in [3.05, 3.63) is 48.0 Å². The molecule has 0 spiro atoms. The molecule has 28 heavy (non-hydrogen) atoms. The number of aryl methyl sites for hydroxylation is 1. The number of carbonyl (C=O) groups excluding carboxylic acids is 2. The van der Waals surface area contributed by atoms with E-state index in [0.717, 1.165) is 30.2 Å². The highest BCUT2D eigenvalue weighted by molar-refractivity contribution is 5.88. The maximum absolute atomic E-state index is 12.6. The van der Waals surface area contributed by atoms with Crippen molar-refractivity contribution in [3.63, 3.8) is 0 Å². The van der Waals surface area contributed by atoms with Gasteiger partial charge in [0.2, 0.25) is 11.8 Å². The fourth-order valence-corrected chi connectivity index (χ4v) is 3.64. The number of nitrogens with one attached hydrogen (secondary N) is 2. The number of benzene rings is 1. The Balaban J connectivity index is 1.64. The predicted molar refractivity (Wildman–Crippen MR) is 108 cm³/mol. The van der Waals surface area contributed by atoms with Crippen LogP contribution in [0.5, 0.6) is 0 Å². The van der Waals surface area contributed by atoms with Crippen molar-refractivity contribution in [2.45, 2.75) is 39.8 Å². The molecule has 7 nitrogen and oxygen atoms in total. The minimum atomic E-state index is -0.401. The van der Waals surface area contributed by atoms with Crippen molar-refractivity contribution >= 4 is 11.8 Å². The average molecular weight is 383 g/mol. The van der Waals surface area contributed by atoms with Crippen LogP contribution in [0.2, 0.25) is 0 Å². The molecule has 0 aliphatic carbocycles. The number of para-hydroxylation sites is 1. The number of piperazine rings is 1. The summed E-state index contributed by atoms with van der Waals surface area (Å²) in [5, 5.41) is 5.86. The van der Waals surface area contributed by atoms with E-state index in [2.05, 4.69) is 34.4 Å². The SMILES string of the molecule is Cc1nccn1-c1ccccc1CNC(=O)C[C@H]1C(=O)NCCN1CC(C)C. The van der Waals surface area contributed by atoms with Gasteiger partial charge in [-0.1, -0.05) is 32.0 Å². The van der Waals surface area contributed by atoms with Crippen LogP contribution in [0, 0.1) is 12.8 Å². The highest BCUT2D eigenvalue weighted by Crippen LogP contribution is 2.16. The quantitative estimate of drug-likeness (QED) is 0.762. The molecule has 1 aromatic carbocycles.